The van der Waals surface area contributed by atoms with Gasteiger partial charge in [-0.1, -0.05) is 6.07 Å². The topological polar surface area (TPSA) is 60.2 Å². The van der Waals surface area contributed by atoms with Gasteiger partial charge in [0.1, 0.15) is 5.82 Å². The first-order valence-corrected chi connectivity index (χ1v) is 5.08. The molecular formula is C10H14F3N3O. The van der Waals surface area contributed by atoms with E-state index in [1.807, 2.05) is 0 Å². The summed E-state index contributed by atoms with van der Waals surface area (Å²) in [5.74, 6) is 5.65. The fourth-order valence-corrected chi connectivity index (χ4v) is 1.19. The SMILES string of the molecule is NNc1cccc(COCCCC(F)(F)F)n1. The van der Waals surface area contributed by atoms with Crippen molar-refractivity contribution in [3.8, 4) is 0 Å². The van der Waals surface area contributed by atoms with Crippen molar-refractivity contribution in [2.45, 2.75) is 25.6 Å². The number of aromatic nitrogens is 1. The van der Waals surface area contributed by atoms with Crippen molar-refractivity contribution in [2.75, 3.05) is 12.0 Å². The van der Waals surface area contributed by atoms with Gasteiger partial charge in [0, 0.05) is 13.0 Å². The molecule has 0 saturated heterocycles. The van der Waals surface area contributed by atoms with E-state index >= 15 is 0 Å². The van der Waals surface area contributed by atoms with Crippen molar-refractivity contribution in [2.24, 2.45) is 5.84 Å². The maximum atomic E-state index is 11.8. The largest absolute Gasteiger partial charge is 0.389 e. The highest BCUT2D eigenvalue weighted by molar-refractivity contribution is 5.33. The van der Waals surface area contributed by atoms with Gasteiger partial charge in [0.25, 0.3) is 0 Å². The molecule has 0 amide bonds. The fourth-order valence-electron chi connectivity index (χ4n) is 1.19. The van der Waals surface area contributed by atoms with E-state index in [2.05, 4.69) is 10.4 Å². The molecule has 1 rings (SSSR count). The third-order valence-electron chi connectivity index (χ3n) is 1.95. The molecule has 0 spiro atoms. The minimum absolute atomic E-state index is 0.0433. The molecule has 1 heterocycles. The van der Waals surface area contributed by atoms with E-state index in [1.165, 1.54) is 0 Å². The molecule has 0 aliphatic rings. The lowest BCUT2D eigenvalue weighted by molar-refractivity contribution is -0.138. The van der Waals surface area contributed by atoms with E-state index in [9.17, 15) is 13.2 Å². The summed E-state index contributed by atoms with van der Waals surface area (Å²) < 4.78 is 40.5. The number of hydrazine groups is 1. The number of halogens is 3. The number of anilines is 1. The van der Waals surface area contributed by atoms with Gasteiger partial charge in [-0.15, -0.1) is 0 Å². The number of nitrogen functional groups attached to an aromatic ring is 1. The molecule has 4 nitrogen and oxygen atoms in total. The minimum atomic E-state index is -4.12. The summed E-state index contributed by atoms with van der Waals surface area (Å²) in [5.41, 5.74) is 2.99. The van der Waals surface area contributed by atoms with Crippen molar-refractivity contribution in [3.05, 3.63) is 23.9 Å². The van der Waals surface area contributed by atoms with Crippen LogP contribution in [0.5, 0.6) is 0 Å². The molecule has 0 atom stereocenters. The maximum absolute atomic E-state index is 11.8. The van der Waals surface area contributed by atoms with Gasteiger partial charge >= 0.3 is 6.18 Å². The molecule has 0 aliphatic carbocycles. The summed E-state index contributed by atoms with van der Waals surface area (Å²) in [6.45, 7) is 0.231. The van der Waals surface area contributed by atoms with Gasteiger partial charge in [0.05, 0.1) is 12.3 Å². The summed E-state index contributed by atoms with van der Waals surface area (Å²) in [5, 5.41) is 0. The van der Waals surface area contributed by atoms with E-state index in [-0.39, 0.29) is 19.6 Å². The Kier molecular flexibility index (Phi) is 5.17. The highest BCUT2D eigenvalue weighted by atomic mass is 19.4. The van der Waals surface area contributed by atoms with Crippen LogP contribution >= 0.6 is 0 Å². The van der Waals surface area contributed by atoms with Crippen molar-refractivity contribution in [1.29, 1.82) is 0 Å². The second-order valence-corrected chi connectivity index (χ2v) is 3.43. The van der Waals surface area contributed by atoms with E-state index in [1.54, 1.807) is 18.2 Å². The van der Waals surface area contributed by atoms with Crippen LogP contribution in [0, 0.1) is 0 Å². The van der Waals surface area contributed by atoms with Crippen molar-refractivity contribution in [1.82, 2.24) is 4.98 Å². The fraction of sp³-hybridized carbons (Fsp3) is 0.500. The van der Waals surface area contributed by atoms with Gasteiger partial charge in [-0.3, -0.25) is 0 Å². The van der Waals surface area contributed by atoms with Gasteiger partial charge < -0.3 is 10.2 Å². The molecule has 1 aromatic rings. The number of hydrogen-bond donors (Lipinski definition) is 2. The number of alkyl halides is 3. The van der Waals surface area contributed by atoms with Gasteiger partial charge in [0.15, 0.2) is 0 Å². The minimum Gasteiger partial charge on any atom is -0.375 e. The Labute approximate surface area is 96.9 Å². The van der Waals surface area contributed by atoms with Crippen LogP contribution in [0.4, 0.5) is 19.0 Å². The number of rotatable bonds is 6. The maximum Gasteiger partial charge on any atom is 0.389 e. The van der Waals surface area contributed by atoms with Crippen LogP contribution in [0.1, 0.15) is 18.5 Å². The van der Waals surface area contributed by atoms with E-state index in [0.717, 1.165) is 0 Å². The molecule has 0 unspecified atom stereocenters. The molecular weight excluding hydrogens is 235 g/mol. The number of pyridine rings is 1. The number of nitrogens with one attached hydrogen (secondary N) is 1. The van der Waals surface area contributed by atoms with E-state index in [4.69, 9.17) is 10.6 Å². The zero-order valence-electron chi connectivity index (χ0n) is 9.13. The molecule has 1 aromatic heterocycles. The average molecular weight is 249 g/mol. The van der Waals surface area contributed by atoms with Gasteiger partial charge in [-0.2, -0.15) is 13.2 Å². The lowest BCUT2D eigenvalue weighted by atomic mass is 10.3. The third kappa shape index (κ3) is 6.08. The number of nitrogens with two attached hydrogens (primary N) is 1. The van der Waals surface area contributed by atoms with Crippen LogP contribution in [0.3, 0.4) is 0 Å². The lowest BCUT2D eigenvalue weighted by Gasteiger charge is -2.07. The highest BCUT2D eigenvalue weighted by Gasteiger charge is 2.25. The number of hydrogen-bond acceptors (Lipinski definition) is 4. The molecule has 0 radical (unpaired) electrons. The van der Waals surface area contributed by atoms with Crippen LogP contribution < -0.4 is 11.3 Å². The smallest absolute Gasteiger partial charge is 0.375 e. The first-order valence-electron chi connectivity index (χ1n) is 5.08. The molecule has 0 aliphatic heterocycles. The Morgan fingerprint density at radius 3 is 2.76 bits per heavy atom. The van der Waals surface area contributed by atoms with Gasteiger partial charge in [0.2, 0.25) is 0 Å². The Bertz CT molecular complexity index is 344. The predicted octanol–water partition coefficient (Wildman–Crippen LogP) is 2.23. The normalized spacial score (nSPS) is 11.5. The number of ether oxygens (including phenoxy) is 1. The quantitative estimate of drug-likeness (QED) is 0.461. The molecule has 0 bridgehead atoms. The summed E-state index contributed by atoms with van der Waals surface area (Å²) in [7, 11) is 0. The monoisotopic (exact) mass is 249 g/mol. The zero-order valence-corrected chi connectivity index (χ0v) is 9.13. The van der Waals surface area contributed by atoms with Crippen molar-refractivity contribution >= 4 is 5.82 Å². The molecule has 0 aromatic carbocycles. The van der Waals surface area contributed by atoms with Crippen molar-refractivity contribution < 1.29 is 17.9 Å². The Hall–Kier alpha value is -1.34. The molecule has 96 valence electrons. The second kappa shape index (κ2) is 6.41. The van der Waals surface area contributed by atoms with Crippen LogP contribution in [0.15, 0.2) is 18.2 Å². The summed E-state index contributed by atoms with van der Waals surface area (Å²) in [6.07, 6.45) is -4.99. The van der Waals surface area contributed by atoms with Crippen LogP contribution in [0.25, 0.3) is 0 Å². The third-order valence-corrected chi connectivity index (χ3v) is 1.95. The van der Waals surface area contributed by atoms with Gasteiger partial charge in [-0.25, -0.2) is 10.8 Å². The molecule has 7 heteroatoms. The summed E-state index contributed by atoms with van der Waals surface area (Å²) >= 11 is 0. The first kappa shape index (κ1) is 13.7. The summed E-state index contributed by atoms with van der Waals surface area (Å²) in [6, 6.07) is 5.12. The van der Waals surface area contributed by atoms with Crippen molar-refractivity contribution in [3.63, 3.8) is 0 Å². The Morgan fingerprint density at radius 1 is 1.35 bits per heavy atom. The van der Waals surface area contributed by atoms with E-state index < -0.39 is 12.6 Å². The lowest BCUT2D eigenvalue weighted by Crippen LogP contribution is -2.10. The molecule has 17 heavy (non-hydrogen) atoms. The second-order valence-electron chi connectivity index (χ2n) is 3.43. The standard InChI is InChI=1S/C10H14F3N3O/c11-10(12,13)5-2-6-17-7-8-3-1-4-9(15-8)16-14/h1,3-4H,2,5-7,14H2,(H,15,16). The van der Waals surface area contributed by atoms with E-state index in [0.29, 0.717) is 11.5 Å². The first-order chi connectivity index (χ1) is 8.01. The zero-order chi connectivity index (χ0) is 12.7. The van der Waals surface area contributed by atoms with Gasteiger partial charge in [-0.05, 0) is 18.6 Å². The average Bonchev–Trinajstić information content (AvgIpc) is 2.27. The Morgan fingerprint density at radius 2 is 2.12 bits per heavy atom. The molecule has 3 N–H and O–H groups in total. The highest BCUT2D eigenvalue weighted by Crippen LogP contribution is 2.21. The van der Waals surface area contributed by atoms with Crippen LogP contribution in [0.2, 0.25) is 0 Å². The Balaban J connectivity index is 2.22. The van der Waals surface area contributed by atoms with Crippen LogP contribution in [-0.4, -0.2) is 17.8 Å². The summed E-state index contributed by atoms with van der Waals surface area (Å²) in [4.78, 5) is 4.05. The van der Waals surface area contributed by atoms with Crippen LogP contribution in [-0.2, 0) is 11.3 Å². The number of nitrogens with zero attached hydrogens (tertiary/aromatic N) is 1. The molecule has 0 saturated carbocycles. The predicted molar refractivity (Wildman–Crippen MR) is 57.0 cm³/mol. The molecule has 0 fully saturated rings.